The van der Waals surface area contributed by atoms with E-state index in [-0.39, 0.29) is 24.2 Å². The van der Waals surface area contributed by atoms with E-state index in [2.05, 4.69) is 57.9 Å². The first kappa shape index (κ1) is 24.7. The van der Waals surface area contributed by atoms with Gasteiger partial charge in [0.1, 0.15) is 5.83 Å². The number of fused-ring (bicyclic) bond motifs is 1. The third-order valence-electron chi connectivity index (χ3n) is 8.65. The highest BCUT2D eigenvalue weighted by atomic mass is 35.5. The van der Waals surface area contributed by atoms with E-state index in [1.807, 2.05) is 0 Å². The molecule has 2 fully saturated rings. The number of allylic oxidation sites excluding steroid dienone is 2. The minimum atomic E-state index is -0.127. The summed E-state index contributed by atoms with van der Waals surface area (Å²) in [5, 5.41) is 19.3. The minimum Gasteiger partial charge on any atom is -0.376 e. The minimum absolute atomic E-state index is 0.127. The number of halogens is 2. The van der Waals surface area contributed by atoms with Gasteiger partial charge in [-0.1, -0.05) is 23.3 Å². The molecule has 2 aliphatic carbocycles. The molecule has 3 heterocycles. The van der Waals surface area contributed by atoms with E-state index in [4.69, 9.17) is 11.6 Å². The van der Waals surface area contributed by atoms with Gasteiger partial charge in [0.15, 0.2) is 0 Å². The summed E-state index contributed by atoms with van der Waals surface area (Å²) in [4.78, 5) is 2.26. The molecule has 7 atom stereocenters. The van der Waals surface area contributed by atoms with Gasteiger partial charge in [-0.15, -0.1) is 0 Å². The van der Waals surface area contributed by atoms with Gasteiger partial charge in [0, 0.05) is 37.4 Å². The van der Waals surface area contributed by atoms with Crippen molar-refractivity contribution >= 4 is 11.6 Å². The fourth-order valence-electron chi connectivity index (χ4n) is 6.61. The molecule has 5 rings (SSSR count). The first-order chi connectivity index (χ1) is 16.5. The second-order valence-corrected chi connectivity index (χ2v) is 11.5. The molecular weight excluding hydrogens is 451 g/mol. The standard InChI is InChI=1S/C26H42ClFN6/c1-34(2)24-10-6-17(15-30-24)16-5-9-23-20(12-16)26(31-19-7-8-22(28)21(27)13-19)33-25(32-23)18-4-3-11-29-14-18/h4,15-16,19-20,23-26,29-33H,3,5-14H2,1-2H3/t16?,19-,20?,23?,24+,25?,26?/m0/s1. The molecule has 0 radical (unpaired) electrons. The van der Waals surface area contributed by atoms with Crippen molar-refractivity contribution in [3.05, 3.63) is 34.3 Å². The monoisotopic (exact) mass is 492 g/mol. The van der Waals surface area contributed by atoms with Crippen LogP contribution in [0.25, 0.3) is 0 Å². The summed E-state index contributed by atoms with van der Waals surface area (Å²) in [6, 6.07) is 0.708. The number of rotatable bonds is 5. The number of hydrogen-bond donors (Lipinski definition) is 5. The molecule has 8 heteroatoms. The predicted molar refractivity (Wildman–Crippen MR) is 137 cm³/mol. The van der Waals surface area contributed by atoms with Gasteiger partial charge in [0.2, 0.25) is 0 Å². The maximum Gasteiger partial charge on any atom is 0.114 e. The topological polar surface area (TPSA) is 63.4 Å². The van der Waals surface area contributed by atoms with Crippen LogP contribution in [0.1, 0.15) is 57.8 Å². The van der Waals surface area contributed by atoms with Crippen molar-refractivity contribution in [2.45, 2.75) is 88.4 Å². The Hall–Kier alpha value is -0.960. The Kier molecular flexibility index (Phi) is 7.98. The molecule has 0 aromatic carbocycles. The molecule has 34 heavy (non-hydrogen) atoms. The van der Waals surface area contributed by atoms with E-state index in [0.29, 0.717) is 41.9 Å². The lowest BCUT2D eigenvalue weighted by molar-refractivity contribution is 0.0834. The first-order valence-electron chi connectivity index (χ1n) is 13.3. The van der Waals surface area contributed by atoms with Crippen molar-refractivity contribution in [1.29, 1.82) is 0 Å². The van der Waals surface area contributed by atoms with E-state index in [1.54, 1.807) is 5.57 Å². The highest BCUT2D eigenvalue weighted by Gasteiger charge is 2.43. The van der Waals surface area contributed by atoms with Crippen LogP contribution in [0, 0.1) is 11.8 Å². The summed E-state index contributed by atoms with van der Waals surface area (Å²) >= 11 is 6.22. The molecule has 1 saturated carbocycles. The number of hydrogen-bond acceptors (Lipinski definition) is 6. The molecule has 5 unspecified atom stereocenters. The fraction of sp³-hybridized carbons (Fsp3) is 0.769. The van der Waals surface area contributed by atoms with Crippen LogP contribution in [0.15, 0.2) is 34.3 Å². The second kappa shape index (κ2) is 11.0. The average Bonchev–Trinajstić information content (AvgIpc) is 2.86. The molecule has 5 aliphatic rings. The van der Waals surface area contributed by atoms with Crippen molar-refractivity contribution in [2.75, 3.05) is 27.2 Å². The maximum absolute atomic E-state index is 13.9. The van der Waals surface area contributed by atoms with E-state index in [0.717, 1.165) is 25.9 Å². The van der Waals surface area contributed by atoms with Crippen LogP contribution < -0.4 is 26.6 Å². The average molecular weight is 493 g/mol. The highest BCUT2D eigenvalue weighted by molar-refractivity contribution is 6.29. The molecule has 6 nitrogen and oxygen atoms in total. The maximum atomic E-state index is 13.9. The van der Waals surface area contributed by atoms with Crippen LogP contribution in [-0.4, -0.2) is 62.7 Å². The van der Waals surface area contributed by atoms with Gasteiger partial charge in [-0.05, 0) is 83.3 Å². The number of nitrogens with zero attached hydrogens (tertiary/aromatic N) is 1. The molecule has 190 valence electrons. The quantitative estimate of drug-likeness (QED) is 0.380. The zero-order chi connectivity index (χ0) is 23.7. The Morgan fingerprint density at radius 1 is 1.09 bits per heavy atom. The lowest BCUT2D eigenvalue weighted by atomic mass is 9.71. The van der Waals surface area contributed by atoms with Crippen molar-refractivity contribution in [1.82, 2.24) is 31.5 Å². The Balaban J connectivity index is 1.30. The summed E-state index contributed by atoms with van der Waals surface area (Å²) in [5.74, 6) is 0.996. The van der Waals surface area contributed by atoms with Gasteiger partial charge >= 0.3 is 0 Å². The van der Waals surface area contributed by atoms with E-state index >= 15 is 0 Å². The Bertz CT molecular complexity index is 826. The van der Waals surface area contributed by atoms with Crippen molar-refractivity contribution < 1.29 is 4.39 Å². The zero-order valence-corrected chi connectivity index (χ0v) is 21.4. The van der Waals surface area contributed by atoms with Gasteiger partial charge < -0.3 is 10.6 Å². The van der Waals surface area contributed by atoms with Crippen LogP contribution in [0.2, 0.25) is 0 Å². The summed E-state index contributed by atoms with van der Waals surface area (Å²) in [6.07, 6.45) is 14.4. The molecule has 1 saturated heterocycles. The van der Waals surface area contributed by atoms with Crippen LogP contribution in [0.5, 0.6) is 0 Å². The smallest absolute Gasteiger partial charge is 0.114 e. The predicted octanol–water partition coefficient (Wildman–Crippen LogP) is 3.25. The van der Waals surface area contributed by atoms with Crippen molar-refractivity contribution in [3.63, 3.8) is 0 Å². The van der Waals surface area contributed by atoms with Crippen molar-refractivity contribution in [2.24, 2.45) is 11.8 Å². The molecule has 0 aromatic heterocycles. The molecule has 5 N–H and O–H groups in total. The van der Waals surface area contributed by atoms with Crippen LogP contribution >= 0.6 is 11.6 Å². The van der Waals surface area contributed by atoms with E-state index in [1.165, 1.54) is 37.7 Å². The Labute approximate surface area is 209 Å². The first-order valence-corrected chi connectivity index (χ1v) is 13.7. The molecule has 0 amide bonds. The van der Waals surface area contributed by atoms with Gasteiger partial charge in [-0.2, -0.15) is 0 Å². The molecular formula is C26H42ClFN6. The largest absolute Gasteiger partial charge is 0.376 e. The normalized spacial score (nSPS) is 39.3. The van der Waals surface area contributed by atoms with E-state index in [9.17, 15) is 4.39 Å². The summed E-state index contributed by atoms with van der Waals surface area (Å²) in [7, 11) is 4.28. The van der Waals surface area contributed by atoms with Crippen molar-refractivity contribution in [3.8, 4) is 0 Å². The SMILES string of the molecule is CN(C)[C@@H]1CCC(C2CCC3NC(C4=CCCNC4)NC(N[C@H]4CCC(F)=C(Cl)C4)C3C2)=CN1. The van der Waals surface area contributed by atoms with Gasteiger partial charge in [0.05, 0.1) is 23.5 Å². The van der Waals surface area contributed by atoms with Crippen LogP contribution in [0.4, 0.5) is 4.39 Å². The molecule has 0 spiro atoms. The summed E-state index contributed by atoms with van der Waals surface area (Å²) in [6.45, 7) is 1.99. The Morgan fingerprint density at radius 2 is 1.97 bits per heavy atom. The molecule has 3 aliphatic heterocycles. The number of nitrogens with one attached hydrogen (secondary N) is 5. The van der Waals surface area contributed by atoms with Crippen LogP contribution in [-0.2, 0) is 0 Å². The lowest BCUT2D eigenvalue weighted by Gasteiger charge is -2.50. The third-order valence-corrected chi connectivity index (χ3v) is 9.00. The third kappa shape index (κ3) is 5.55. The highest BCUT2D eigenvalue weighted by Crippen LogP contribution is 2.40. The molecule has 0 bridgehead atoms. The Morgan fingerprint density at radius 3 is 2.68 bits per heavy atom. The van der Waals surface area contributed by atoms with Gasteiger partial charge in [-0.3, -0.25) is 20.9 Å². The lowest BCUT2D eigenvalue weighted by Crippen LogP contribution is -2.70. The van der Waals surface area contributed by atoms with Gasteiger partial charge in [-0.25, -0.2) is 4.39 Å². The fourth-order valence-corrected chi connectivity index (χ4v) is 6.89. The summed E-state index contributed by atoms with van der Waals surface area (Å²) in [5.41, 5.74) is 3.00. The van der Waals surface area contributed by atoms with Crippen LogP contribution in [0.3, 0.4) is 0 Å². The van der Waals surface area contributed by atoms with Gasteiger partial charge in [0.25, 0.3) is 0 Å². The summed E-state index contributed by atoms with van der Waals surface area (Å²) < 4.78 is 13.9. The zero-order valence-electron chi connectivity index (χ0n) is 20.7. The second-order valence-electron chi connectivity index (χ2n) is 11.1. The van der Waals surface area contributed by atoms with E-state index < -0.39 is 0 Å². The molecule has 0 aromatic rings.